The molecule has 0 spiro atoms. The average molecular weight is 474 g/mol. The first kappa shape index (κ1) is 22.5. The zero-order chi connectivity index (χ0) is 23.5. The van der Waals surface area contributed by atoms with Crippen LogP contribution in [0.2, 0.25) is 5.02 Å². The molecule has 6 heteroatoms. The number of para-hydroxylation sites is 3. The van der Waals surface area contributed by atoms with Crippen LogP contribution in [0.3, 0.4) is 0 Å². The number of nitrogens with zero attached hydrogens (tertiary/aromatic N) is 3. The van der Waals surface area contributed by atoms with Gasteiger partial charge in [-0.05, 0) is 61.7 Å². The standard InChI is InChI=1S/C28H28ClN3O2/c1-20-9-2-5-14-26(20)34-16-7-6-15-31-25-13-4-3-12-24(25)30-28(31)21-17-27(33)32(19-21)23-11-8-10-22(29)18-23/h2-5,8-14,18,21H,6-7,15-17,19H2,1H3/t21-/m1/s1. The highest BCUT2D eigenvalue weighted by atomic mass is 35.5. The molecule has 0 bridgehead atoms. The van der Waals surface area contributed by atoms with Gasteiger partial charge in [0.25, 0.3) is 0 Å². The lowest BCUT2D eigenvalue weighted by atomic mass is 10.1. The predicted molar refractivity (Wildman–Crippen MR) is 137 cm³/mol. The number of hydrogen-bond donors (Lipinski definition) is 0. The maximum atomic E-state index is 12.9. The Morgan fingerprint density at radius 3 is 2.71 bits per heavy atom. The molecule has 34 heavy (non-hydrogen) atoms. The lowest BCUT2D eigenvalue weighted by Gasteiger charge is -2.18. The molecule has 0 saturated carbocycles. The van der Waals surface area contributed by atoms with Crippen LogP contribution < -0.4 is 9.64 Å². The predicted octanol–water partition coefficient (Wildman–Crippen LogP) is 6.38. The monoisotopic (exact) mass is 473 g/mol. The third-order valence-electron chi connectivity index (χ3n) is 6.42. The summed E-state index contributed by atoms with van der Waals surface area (Å²) in [6.45, 7) is 4.19. The Kier molecular flexibility index (Phi) is 6.54. The van der Waals surface area contributed by atoms with E-state index in [4.69, 9.17) is 21.3 Å². The SMILES string of the molecule is Cc1ccccc1OCCCCn1c([C@@H]2CC(=O)N(c3cccc(Cl)c3)C2)nc2ccccc21. The van der Waals surface area contributed by atoms with Gasteiger partial charge in [0.2, 0.25) is 5.91 Å². The summed E-state index contributed by atoms with van der Waals surface area (Å²) < 4.78 is 8.27. The quantitative estimate of drug-likeness (QED) is 0.279. The molecule has 0 N–H and O–H groups in total. The Morgan fingerprint density at radius 1 is 1.03 bits per heavy atom. The number of aryl methyl sites for hydroxylation is 2. The van der Waals surface area contributed by atoms with Crippen LogP contribution in [0.1, 0.15) is 36.6 Å². The second-order valence-corrected chi connectivity index (χ2v) is 9.25. The minimum atomic E-state index is 0.0436. The smallest absolute Gasteiger partial charge is 0.227 e. The number of unbranched alkanes of at least 4 members (excludes halogenated alkanes) is 1. The second-order valence-electron chi connectivity index (χ2n) is 8.82. The fourth-order valence-corrected chi connectivity index (χ4v) is 4.87. The van der Waals surface area contributed by atoms with Crippen molar-refractivity contribution in [2.24, 2.45) is 0 Å². The van der Waals surface area contributed by atoms with Crippen LogP contribution in [0.15, 0.2) is 72.8 Å². The number of amides is 1. The fourth-order valence-electron chi connectivity index (χ4n) is 4.69. The normalized spacial score (nSPS) is 15.9. The molecular formula is C28H28ClN3O2. The van der Waals surface area contributed by atoms with Crippen molar-refractivity contribution in [3.05, 3.63) is 89.2 Å². The molecule has 1 aliphatic heterocycles. The molecule has 2 heterocycles. The van der Waals surface area contributed by atoms with E-state index in [0.717, 1.165) is 53.2 Å². The van der Waals surface area contributed by atoms with E-state index in [1.807, 2.05) is 65.6 Å². The summed E-state index contributed by atoms with van der Waals surface area (Å²) in [5.74, 6) is 2.08. The highest BCUT2D eigenvalue weighted by molar-refractivity contribution is 6.30. The van der Waals surface area contributed by atoms with Gasteiger partial charge in [-0.15, -0.1) is 0 Å². The van der Waals surface area contributed by atoms with Crippen molar-refractivity contribution < 1.29 is 9.53 Å². The van der Waals surface area contributed by atoms with Gasteiger partial charge >= 0.3 is 0 Å². The summed E-state index contributed by atoms with van der Waals surface area (Å²) in [7, 11) is 0. The fraction of sp³-hybridized carbons (Fsp3) is 0.286. The lowest BCUT2D eigenvalue weighted by Crippen LogP contribution is -2.24. The Hall–Kier alpha value is -3.31. The number of rotatable bonds is 8. The highest BCUT2D eigenvalue weighted by Gasteiger charge is 2.34. The number of aromatic nitrogens is 2. The third kappa shape index (κ3) is 4.66. The maximum absolute atomic E-state index is 12.9. The van der Waals surface area contributed by atoms with Gasteiger partial charge in [0.15, 0.2) is 0 Å². The highest BCUT2D eigenvalue weighted by Crippen LogP contribution is 2.34. The van der Waals surface area contributed by atoms with Crippen molar-refractivity contribution in [1.29, 1.82) is 0 Å². The molecule has 0 aliphatic carbocycles. The van der Waals surface area contributed by atoms with Crippen LogP contribution in [0.5, 0.6) is 5.75 Å². The Morgan fingerprint density at radius 2 is 1.85 bits per heavy atom. The van der Waals surface area contributed by atoms with Crippen LogP contribution >= 0.6 is 11.6 Å². The lowest BCUT2D eigenvalue weighted by molar-refractivity contribution is -0.117. The summed E-state index contributed by atoms with van der Waals surface area (Å²) >= 11 is 6.17. The van der Waals surface area contributed by atoms with E-state index in [1.165, 1.54) is 0 Å². The molecule has 1 saturated heterocycles. The topological polar surface area (TPSA) is 47.4 Å². The van der Waals surface area contributed by atoms with E-state index in [1.54, 1.807) is 0 Å². The van der Waals surface area contributed by atoms with E-state index < -0.39 is 0 Å². The number of hydrogen-bond acceptors (Lipinski definition) is 3. The number of ether oxygens (including phenoxy) is 1. The summed E-state index contributed by atoms with van der Waals surface area (Å²) in [5, 5.41) is 0.633. The van der Waals surface area contributed by atoms with Gasteiger partial charge in [-0.1, -0.05) is 48.0 Å². The molecule has 5 nitrogen and oxygen atoms in total. The van der Waals surface area contributed by atoms with E-state index in [9.17, 15) is 4.79 Å². The van der Waals surface area contributed by atoms with Gasteiger partial charge in [0, 0.05) is 36.1 Å². The maximum Gasteiger partial charge on any atom is 0.227 e. The first-order valence-electron chi connectivity index (χ1n) is 11.8. The second kappa shape index (κ2) is 9.90. The molecule has 0 unspecified atom stereocenters. The number of imidazole rings is 1. The molecule has 1 fully saturated rings. The first-order valence-corrected chi connectivity index (χ1v) is 12.2. The molecule has 1 amide bonds. The zero-order valence-electron chi connectivity index (χ0n) is 19.3. The van der Waals surface area contributed by atoms with Crippen LogP contribution in [0, 0.1) is 6.92 Å². The molecule has 4 aromatic rings. The first-order chi connectivity index (χ1) is 16.6. The third-order valence-corrected chi connectivity index (χ3v) is 6.66. The largest absolute Gasteiger partial charge is 0.493 e. The molecule has 0 radical (unpaired) electrons. The van der Waals surface area contributed by atoms with Crippen molar-refractivity contribution in [2.45, 2.75) is 38.6 Å². The van der Waals surface area contributed by atoms with Crippen molar-refractivity contribution in [3.63, 3.8) is 0 Å². The van der Waals surface area contributed by atoms with E-state index in [2.05, 4.69) is 23.6 Å². The number of fused-ring (bicyclic) bond motifs is 1. The van der Waals surface area contributed by atoms with Gasteiger partial charge < -0.3 is 14.2 Å². The van der Waals surface area contributed by atoms with E-state index >= 15 is 0 Å². The summed E-state index contributed by atoms with van der Waals surface area (Å²) in [6.07, 6.45) is 2.36. The van der Waals surface area contributed by atoms with Crippen molar-refractivity contribution >= 4 is 34.2 Å². The summed E-state index contributed by atoms with van der Waals surface area (Å²) in [6, 6.07) is 23.8. The minimum Gasteiger partial charge on any atom is -0.493 e. The minimum absolute atomic E-state index is 0.0436. The number of carbonyl (C=O) groups excluding carboxylic acids is 1. The average Bonchev–Trinajstić information content (AvgIpc) is 3.40. The van der Waals surface area contributed by atoms with Gasteiger partial charge in [-0.2, -0.15) is 0 Å². The summed E-state index contributed by atoms with van der Waals surface area (Å²) in [5.41, 5.74) is 4.09. The number of carbonyl (C=O) groups is 1. The van der Waals surface area contributed by atoms with Crippen LogP contribution in [-0.2, 0) is 11.3 Å². The van der Waals surface area contributed by atoms with Crippen molar-refractivity contribution in [3.8, 4) is 5.75 Å². The van der Waals surface area contributed by atoms with Crippen LogP contribution in [0.25, 0.3) is 11.0 Å². The number of anilines is 1. The van der Waals surface area contributed by atoms with Gasteiger partial charge in [-0.3, -0.25) is 4.79 Å². The molecule has 174 valence electrons. The van der Waals surface area contributed by atoms with Gasteiger partial charge in [0.1, 0.15) is 11.6 Å². The molecule has 1 aliphatic rings. The molecule has 3 aromatic carbocycles. The van der Waals surface area contributed by atoms with Crippen LogP contribution in [-0.4, -0.2) is 28.6 Å². The van der Waals surface area contributed by atoms with Crippen LogP contribution in [0.4, 0.5) is 5.69 Å². The van der Waals surface area contributed by atoms with Crippen molar-refractivity contribution in [2.75, 3.05) is 18.1 Å². The number of benzene rings is 3. The Bertz CT molecular complexity index is 1320. The van der Waals surface area contributed by atoms with Crippen molar-refractivity contribution in [1.82, 2.24) is 9.55 Å². The molecular weight excluding hydrogens is 446 g/mol. The molecule has 1 atom stereocenters. The Balaban J connectivity index is 1.30. The van der Waals surface area contributed by atoms with E-state index in [-0.39, 0.29) is 11.8 Å². The summed E-state index contributed by atoms with van der Waals surface area (Å²) in [4.78, 5) is 19.7. The Labute approximate surface area is 204 Å². The number of halogens is 1. The van der Waals surface area contributed by atoms with E-state index in [0.29, 0.717) is 24.6 Å². The zero-order valence-corrected chi connectivity index (χ0v) is 20.0. The molecule has 1 aromatic heterocycles. The molecule has 5 rings (SSSR count). The van der Waals surface area contributed by atoms with Gasteiger partial charge in [-0.25, -0.2) is 4.98 Å². The van der Waals surface area contributed by atoms with Gasteiger partial charge in [0.05, 0.1) is 17.6 Å².